The van der Waals surface area contributed by atoms with Crippen molar-refractivity contribution < 1.29 is 5.11 Å². The highest BCUT2D eigenvalue weighted by atomic mass is 16.3. The molecule has 0 bridgehead atoms. The molecule has 0 saturated heterocycles. The van der Waals surface area contributed by atoms with Gasteiger partial charge in [0.15, 0.2) is 0 Å². The molecule has 1 rings (SSSR count). The molecule has 1 atom stereocenters. The topological polar surface area (TPSA) is 46.2 Å². The van der Waals surface area contributed by atoms with Crippen LogP contribution in [-0.2, 0) is 0 Å². The average molecular weight is 171 g/mol. The Morgan fingerprint density at radius 2 is 1.67 bits per heavy atom. The van der Waals surface area contributed by atoms with Crippen molar-refractivity contribution >= 4 is 0 Å². The van der Waals surface area contributed by atoms with Gasteiger partial charge >= 0.3 is 0 Å². The second kappa shape index (κ2) is 2.71. The van der Waals surface area contributed by atoms with Gasteiger partial charge in [0, 0.05) is 0 Å². The lowest BCUT2D eigenvalue weighted by molar-refractivity contribution is 0.122. The highest BCUT2D eigenvalue weighted by molar-refractivity contribution is 5.14. The van der Waals surface area contributed by atoms with E-state index in [-0.39, 0.29) is 16.9 Å². The van der Waals surface area contributed by atoms with Gasteiger partial charge in [0.1, 0.15) is 0 Å². The summed E-state index contributed by atoms with van der Waals surface area (Å²) in [5, 5.41) is 9.78. The molecule has 0 heterocycles. The third-order valence-corrected chi connectivity index (χ3v) is 3.98. The van der Waals surface area contributed by atoms with Gasteiger partial charge in [-0.15, -0.1) is 0 Å². The summed E-state index contributed by atoms with van der Waals surface area (Å²) >= 11 is 0. The predicted octanol–water partition coefficient (Wildman–Crippen LogP) is 1.38. The largest absolute Gasteiger partial charge is 0.393 e. The molecule has 1 saturated carbocycles. The van der Waals surface area contributed by atoms with Crippen LogP contribution in [0.5, 0.6) is 0 Å². The van der Waals surface area contributed by atoms with Crippen molar-refractivity contribution in [3.05, 3.63) is 0 Å². The van der Waals surface area contributed by atoms with Gasteiger partial charge in [0.25, 0.3) is 0 Å². The lowest BCUT2D eigenvalue weighted by atomic mass is 10.0. The van der Waals surface area contributed by atoms with E-state index < -0.39 is 0 Å². The van der Waals surface area contributed by atoms with Crippen LogP contribution >= 0.6 is 0 Å². The first-order valence-corrected chi connectivity index (χ1v) is 4.74. The highest BCUT2D eigenvalue weighted by Crippen LogP contribution is 2.69. The molecule has 0 aromatic carbocycles. The molecule has 0 aliphatic heterocycles. The van der Waals surface area contributed by atoms with Crippen molar-refractivity contribution in [2.75, 3.05) is 6.54 Å². The normalized spacial score (nSPS) is 28.5. The zero-order chi connectivity index (χ0) is 9.57. The fourth-order valence-electron chi connectivity index (χ4n) is 2.55. The zero-order valence-corrected chi connectivity index (χ0v) is 8.59. The minimum absolute atomic E-state index is 0.208. The van der Waals surface area contributed by atoms with Gasteiger partial charge in [0.2, 0.25) is 0 Å². The zero-order valence-electron chi connectivity index (χ0n) is 8.59. The average Bonchev–Trinajstić information content (AvgIpc) is 2.24. The molecule has 0 radical (unpaired) electrons. The van der Waals surface area contributed by atoms with Crippen LogP contribution in [-0.4, -0.2) is 17.8 Å². The van der Waals surface area contributed by atoms with Crippen molar-refractivity contribution in [1.82, 2.24) is 0 Å². The van der Waals surface area contributed by atoms with E-state index in [1.165, 1.54) is 0 Å². The number of hydrogen-bond donors (Lipinski definition) is 2. The summed E-state index contributed by atoms with van der Waals surface area (Å²) in [7, 11) is 0. The van der Waals surface area contributed by atoms with Crippen molar-refractivity contribution in [3.8, 4) is 0 Å². The van der Waals surface area contributed by atoms with E-state index in [1.807, 2.05) is 0 Å². The Morgan fingerprint density at radius 1 is 1.25 bits per heavy atom. The van der Waals surface area contributed by atoms with Gasteiger partial charge in [-0.25, -0.2) is 0 Å². The number of rotatable bonds is 3. The van der Waals surface area contributed by atoms with E-state index in [9.17, 15) is 5.11 Å². The van der Waals surface area contributed by atoms with Crippen LogP contribution in [0.3, 0.4) is 0 Å². The van der Waals surface area contributed by atoms with E-state index in [4.69, 9.17) is 5.73 Å². The fraction of sp³-hybridized carbons (Fsp3) is 1.00. The third-order valence-electron chi connectivity index (χ3n) is 3.98. The molecule has 0 amide bonds. The summed E-state index contributed by atoms with van der Waals surface area (Å²) in [6, 6.07) is 0. The number of aliphatic hydroxyl groups is 1. The summed E-state index contributed by atoms with van der Waals surface area (Å²) in [5.41, 5.74) is 5.97. The SMILES string of the molecule is CC1(C)C([C@H](O)CCN)C1(C)C. The van der Waals surface area contributed by atoms with Crippen molar-refractivity contribution in [3.63, 3.8) is 0 Å². The molecule has 1 aliphatic carbocycles. The van der Waals surface area contributed by atoms with Crippen LogP contribution in [0.4, 0.5) is 0 Å². The van der Waals surface area contributed by atoms with Crippen molar-refractivity contribution in [1.29, 1.82) is 0 Å². The second-order valence-electron chi connectivity index (χ2n) is 5.07. The van der Waals surface area contributed by atoms with E-state index in [0.29, 0.717) is 12.5 Å². The smallest absolute Gasteiger partial charge is 0.0591 e. The summed E-state index contributed by atoms with van der Waals surface area (Å²) in [6.45, 7) is 9.47. The molecule has 72 valence electrons. The Bertz CT molecular complexity index is 161. The lowest BCUT2D eigenvalue weighted by Gasteiger charge is -2.10. The molecule has 1 aliphatic rings. The fourth-order valence-corrected chi connectivity index (χ4v) is 2.55. The molecule has 0 unspecified atom stereocenters. The number of aliphatic hydroxyl groups excluding tert-OH is 1. The molecule has 0 spiro atoms. The minimum Gasteiger partial charge on any atom is -0.393 e. The van der Waals surface area contributed by atoms with E-state index in [1.54, 1.807) is 0 Å². The minimum atomic E-state index is -0.208. The molecule has 12 heavy (non-hydrogen) atoms. The molecule has 0 aromatic rings. The molecular weight excluding hydrogens is 150 g/mol. The Balaban J connectivity index is 2.58. The predicted molar refractivity (Wildman–Crippen MR) is 50.7 cm³/mol. The van der Waals surface area contributed by atoms with Gasteiger partial charge in [-0.05, 0) is 29.7 Å². The Hall–Kier alpha value is -0.0800. The maximum Gasteiger partial charge on any atom is 0.0591 e. The van der Waals surface area contributed by atoms with Gasteiger partial charge in [-0.2, -0.15) is 0 Å². The Labute approximate surface area is 75.2 Å². The third kappa shape index (κ3) is 1.17. The number of nitrogens with two attached hydrogens (primary N) is 1. The summed E-state index contributed by atoms with van der Waals surface area (Å²) in [4.78, 5) is 0. The van der Waals surface area contributed by atoms with E-state index >= 15 is 0 Å². The quantitative estimate of drug-likeness (QED) is 0.674. The maximum absolute atomic E-state index is 9.78. The first kappa shape index (κ1) is 10.0. The lowest BCUT2D eigenvalue weighted by Crippen LogP contribution is -2.18. The highest BCUT2D eigenvalue weighted by Gasteiger charge is 2.66. The molecule has 0 aromatic heterocycles. The Morgan fingerprint density at radius 3 is 1.92 bits per heavy atom. The van der Waals surface area contributed by atoms with Crippen LogP contribution in [0.2, 0.25) is 0 Å². The molecule has 2 nitrogen and oxygen atoms in total. The second-order valence-corrected chi connectivity index (χ2v) is 5.07. The van der Waals surface area contributed by atoms with Crippen molar-refractivity contribution in [2.45, 2.75) is 40.2 Å². The van der Waals surface area contributed by atoms with Crippen LogP contribution in [0, 0.1) is 16.7 Å². The first-order chi connectivity index (χ1) is 5.35. The van der Waals surface area contributed by atoms with E-state index in [2.05, 4.69) is 27.7 Å². The Kier molecular flexibility index (Phi) is 2.26. The molecule has 1 fully saturated rings. The number of hydrogen-bond acceptors (Lipinski definition) is 2. The standard InChI is InChI=1S/C10H21NO/c1-9(2)8(10(9,3)4)7(12)5-6-11/h7-8,12H,5-6,11H2,1-4H3/t7-/m1/s1. The van der Waals surface area contributed by atoms with Crippen LogP contribution in [0.25, 0.3) is 0 Å². The van der Waals surface area contributed by atoms with Crippen LogP contribution in [0.1, 0.15) is 34.1 Å². The van der Waals surface area contributed by atoms with Gasteiger partial charge < -0.3 is 10.8 Å². The summed E-state index contributed by atoms with van der Waals surface area (Å²) < 4.78 is 0. The molecular formula is C10H21NO. The first-order valence-electron chi connectivity index (χ1n) is 4.74. The van der Waals surface area contributed by atoms with Crippen LogP contribution < -0.4 is 5.73 Å². The van der Waals surface area contributed by atoms with Crippen molar-refractivity contribution in [2.24, 2.45) is 22.5 Å². The van der Waals surface area contributed by atoms with Gasteiger partial charge in [-0.1, -0.05) is 27.7 Å². The summed E-state index contributed by atoms with van der Waals surface area (Å²) in [6.07, 6.45) is 0.525. The van der Waals surface area contributed by atoms with Crippen LogP contribution in [0.15, 0.2) is 0 Å². The molecule has 2 heteroatoms. The summed E-state index contributed by atoms with van der Waals surface area (Å²) in [5.74, 6) is 0.425. The van der Waals surface area contributed by atoms with Gasteiger partial charge in [-0.3, -0.25) is 0 Å². The maximum atomic E-state index is 9.78. The van der Waals surface area contributed by atoms with E-state index in [0.717, 1.165) is 6.42 Å². The van der Waals surface area contributed by atoms with Gasteiger partial charge in [0.05, 0.1) is 6.10 Å². The molecule has 3 N–H and O–H groups in total. The monoisotopic (exact) mass is 171 g/mol.